The molecule has 0 spiro atoms. The lowest BCUT2D eigenvalue weighted by molar-refractivity contribution is -0.117. The normalized spacial score (nSPS) is 12.3. The number of aromatic nitrogens is 2. The van der Waals surface area contributed by atoms with Gasteiger partial charge in [0.25, 0.3) is 0 Å². The van der Waals surface area contributed by atoms with Crippen LogP contribution in [0.15, 0.2) is 66.9 Å². The summed E-state index contributed by atoms with van der Waals surface area (Å²) >= 11 is 0. The Morgan fingerprint density at radius 2 is 1.89 bits per heavy atom. The van der Waals surface area contributed by atoms with E-state index in [1.165, 1.54) is 18.2 Å². The average molecular weight is 363 g/mol. The molecule has 0 fully saturated rings. The fourth-order valence-corrected chi connectivity index (χ4v) is 2.61. The van der Waals surface area contributed by atoms with E-state index in [2.05, 4.69) is 10.4 Å². The Kier molecular flexibility index (Phi) is 5.81. The van der Waals surface area contributed by atoms with Crippen molar-refractivity contribution < 1.29 is 9.18 Å². The minimum absolute atomic E-state index is 0.116. The zero-order valence-electron chi connectivity index (χ0n) is 15.4. The molecule has 1 heterocycles. The fourth-order valence-electron chi connectivity index (χ4n) is 2.61. The summed E-state index contributed by atoms with van der Waals surface area (Å²) in [6.45, 7) is 3.98. The summed E-state index contributed by atoms with van der Waals surface area (Å²) in [6, 6.07) is 16.0. The monoisotopic (exact) mass is 363 g/mol. The number of para-hydroxylation sites is 1. The third-order valence-electron chi connectivity index (χ3n) is 4.30. The topological polar surface area (TPSA) is 46.9 Å². The van der Waals surface area contributed by atoms with Gasteiger partial charge in [0.1, 0.15) is 5.82 Å². The molecule has 1 aromatic heterocycles. The second-order valence-electron chi connectivity index (χ2n) is 6.37. The molecular weight excluding hydrogens is 341 g/mol. The molecule has 0 aliphatic carbocycles. The van der Waals surface area contributed by atoms with E-state index < -0.39 is 0 Å². The van der Waals surface area contributed by atoms with Crippen LogP contribution < -0.4 is 5.32 Å². The first-order chi connectivity index (χ1) is 13.1. The van der Waals surface area contributed by atoms with E-state index in [1.807, 2.05) is 50.4 Å². The van der Waals surface area contributed by atoms with E-state index in [0.717, 1.165) is 23.2 Å². The van der Waals surface area contributed by atoms with Gasteiger partial charge in [0.05, 0.1) is 11.4 Å². The first kappa shape index (κ1) is 18.6. The van der Waals surface area contributed by atoms with Gasteiger partial charge < -0.3 is 5.32 Å². The molecule has 138 valence electrons. The summed E-state index contributed by atoms with van der Waals surface area (Å²) in [5.74, 6) is -0.451. The van der Waals surface area contributed by atoms with Crippen LogP contribution in [0.25, 0.3) is 23.0 Å². The minimum Gasteiger partial charge on any atom is -0.350 e. The van der Waals surface area contributed by atoms with E-state index in [0.29, 0.717) is 5.69 Å². The summed E-state index contributed by atoms with van der Waals surface area (Å²) in [4.78, 5) is 12.1. The van der Waals surface area contributed by atoms with Gasteiger partial charge in [-0.05, 0) is 55.8 Å². The van der Waals surface area contributed by atoms with Crippen molar-refractivity contribution in [3.63, 3.8) is 0 Å². The van der Waals surface area contributed by atoms with Gasteiger partial charge in [-0.3, -0.25) is 4.79 Å². The second kappa shape index (κ2) is 8.45. The maximum absolute atomic E-state index is 13.3. The van der Waals surface area contributed by atoms with Gasteiger partial charge in [-0.15, -0.1) is 0 Å². The van der Waals surface area contributed by atoms with Gasteiger partial charge in [-0.2, -0.15) is 5.10 Å². The molecule has 1 atom stereocenters. The number of halogens is 1. The molecule has 27 heavy (non-hydrogen) atoms. The van der Waals surface area contributed by atoms with Crippen molar-refractivity contribution in [1.82, 2.24) is 15.1 Å². The number of nitrogens with zero attached hydrogens (tertiary/aromatic N) is 2. The Labute approximate surface area is 158 Å². The average Bonchev–Trinajstić information content (AvgIpc) is 3.12. The van der Waals surface area contributed by atoms with Gasteiger partial charge in [0.2, 0.25) is 5.91 Å². The van der Waals surface area contributed by atoms with Crippen molar-refractivity contribution in [1.29, 1.82) is 0 Å². The van der Waals surface area contributed by atoms with Crippen molar-refractivity contribution in [3.05, 3.63) is 78.3 Å². The van der Waals surface area contributed by atoms with E-state index in [9.17, 15) is 9.18 Å². The zero-order valence-corrected chi connectivity index (χ0v) is 15.4. The van der Waals surface area contributed by atoms with Crippen molar-refractivity contribution in [2.45, 2.75) is 26.3 Å². The Hall–Kier alpha value is -3.21. The number of carbonyl (C=O) groups excluding carboxylic acids is 1. The number of nitrogens with one attached hydrogen (secondary N) is 1. The second-order valence-corrected chi connectivity index (χ2v) is 6.37. The maximum Gasteiger partial charge on any atom is 0.244 e. The van der Waals surface area contributed by atoms with Crippen LogP contribution in [0, 0.1) is 5.82 Å². The first-order valence-electron chi connectivity index (χ1n) is 8.96. The molecule has 3 rings (SSSR count). The van der Waals surface area contributed by atoms with E-state index in [4.69, 9.17) is 0 Å². The molecule has 0 saturated carbocycles. The summed E-state index contributed by atoms with van der Waals surface area (Å²) in [5.41, 5.74) is 3.16. The Balaban J connectivity index is 1.96. The van der Waals surface area contributed by atoms with Gasteiger partial charge in [-0.1, -0.05) is 25.1 Å². The Morgan fingerprint density at radius 1 is 1.19 bits per heavy atom. The predicted octanol–water partition coefficient (Wildman–Crippen LogP) is 4.61. The molecule has 2 aromatic carbocycles. The lowest BCUT2D eigenvalue weighted by Crippen LogP contribution is -2.30. The number of hydrogen-bond acceptors (Lipinski definition) is 2. The lowest BCUT2D eigenvalue weighted by Gasteiger charge is -2.08. The van der Waals surface area contributed by atoms with Crippen LogP contribution in [0.2, 0.25) is 0 Å². The van der Waals surface area contributed by atoms with Crippen LogP contribution in [-0.2, 0) is 4.79 Å². The van der Waals surface area contributed by atoms with Crippen LogP contribution in [0.4, 0.5) is 4.39 Å². The number of amides is 1. The van der Waals surface area contributed by atoms with Crippen LogP contribution in [0.5, 0.6) is 0 Å². The Bertz CT molecular complexity index is 930. The van der Waals surface area contributed by atoms with Crippen LogP contribution in [0.3, 0.4) is 0 Å². The molecule has 3 aromatic rings. The number of carbonyl (C=O) groups is 1. The molecule has 5 heteroatoms. The van der Waals surface area contributed by atoms with Crippen LogP contribution in [-0.4, -0.2) is 21.7 Å². The van der Waals surface area contributed by atoms with Crippen molar-refractivity contribution in [3.8, 4) is 16.9 Å². The van der Waals surface area contributed by atoms with Crippen LogP contribution in [0.1, 0.15) is 25.8 Å². The Morgan fingerprint density at radius 3 is 2.56 bits per heavy atom. The van der Waals surface area contributed by atoms with Gasteiger partial charge >= 0.3 is 0 Å². The zero-order chi connectivity index (χ0) is 19.2. The third-order valence-corrected chi connectivity index (χ3v) is 4.30. The fraction of sp³-hybridized carbons (Fsp3) is 0.182. The lowest BCUT2D eigenvalue weighted by atomic mass is 10.1. The molecule has 4 nitrogen and oxygen atoms in total. The van der Waals surface area contributed by atoms with Gasteiger partial charge in [0, 0.05) is 29.4 Å². The number of benzene rings is 2. The highest BCUT2D eigenvalue weighted by Gasteiger charge is 2.11. The minimum atomic E-state index is -0.300. The number of hydrogen-bond donors (Lipinski definition) is 1. The molecule has 0 saturated heterocycles. The summed E-state index contributed by atoms with van der Waals surface area (Å²) in [6.07, 6.45) is 5.97. The highest BCUT2D eigenvalue weighted by Crippen LogP contribution is 2.25. The first-order valence-corrected chi connectivity index (χ1v) is 8.96. The van der Waals surface area contributed by atoms with Gasteiger partial charge in [0.15, 0.2) is 0 Å². The SMILES string of the molecule is CCC(C)NC(=O)C=Cc1cn(-c2ccccc2)nc1-c1ccc(F)cc1. The molecule has 1 amide bonds. The summed E-state index contributed by atoms with van der Waals surface area (Å²) < 4.78 is 15.0. The van der Waals surface area contributed by atoms with Crippen molar-refractivity contribution >= 4 is 12.0 Å². The third kappa shape index (κ3) is 4.70. The maximum atomic E-state index is 13.3. The summed E-state index contributed by atoms with van der Waals surface area (Å²) in [7, 11) is 0. The van der Waals surface area contributed by atoms with Crippen LogP contribution >= 0.6 is 0 Å². The quantitative estimate of drug-likeness (QED) is 0.650. The summed E-state index contributed by atoms with van der Waals surface area (Å²) in [5, 5.41) is 7.55. The molecule has 0 radical (unpaired) electrons. The predicted molar refractivity (Wildman–Crippen MR) is 106 cm³/mol. The molecule has 1 N–H and O–H groups in total. The standard InChI is InChI=1S/C22H22FN3O/c1-3-16(2)24-21(27)14-11-18-15-26(20-7-5-4-6-8-20)25-22(18)17-9-12-19(23)13-10-17/h4-16H,3H2,1-2H3,(H,24,27). The van der Waals surface area contributed by atoms with E-state index >= 15 is 0 Å². The smallest absolute Gasteiger partial charge is 0.244 e. The molecule has 1 unspecified atom stereocenters. The number of rotatable bonds is 6. The molecule has 0 aliphatic rings. The van der Waals surface area contributed by atoms with Gasteiger partial charge in [-0.25, -0.2) is 9.07 Å². The largest absolute Gasteiger partial charge is 0.350 e. The molecule has 0 bridgehead atoms. The van der Waals surface area contributed by atoms with E-state index in [1.54, 1.807) is 22.9 Å². The van der Waals surface area contributed by atoms with Crippen molar-refractivity contribution in [2.75, 3.05) is 0 Å². The van der Waals surface area contributed by atoms with Crippen molar-refractivity contribution in [2.24, 2.45) is 0 Å². The highest BCUT2D eigenvalue weighted by molar-refractivity contribution is 5.93. The van der Waals surface area contributed by atoms with E-state index in [-0.39, 0.29) is 17.8 Å². The highest BCUT2D eigenvalue weighted by atomic mass is 19.1. The molecular formula is C22H22FN3O. The molecule has 0 aliphatic heterocycles.